The van der Waals surface area contributed by atoms with Crippen molar-refractivity contribution in [1.29, 1.82) is 0 Å². The highest BCUT2D eigenvalue weighted by molar-refractivity contribution is 5.88. The molecular weight excluding hydrogens is 364 g/mol. The monoisotopic (exact) mass is 392 g/mol. The van der Waals surface area contributed by atoms with E-state index in [4.69, 9.17) is 4.74 Å². The van der Waals surface area contributed by atoms with Crippen LogP contribution in [-0.2, 0) is 20.7 Å². The Morgan fingerprint density at radius 2 is 1.86 bits per heavy atom. The summed E-state index contributed by atoms with van der Waals surface area (Å²) >= 11 is 0. The number of carbonyl (C=O) groups excluding carboxylic acids is 2. The van der Waals surface area contributed by atoms with Gasteiger partial charge < -0.3 is 15.0 Å². The van der Waals surface area contributed by atoms with E-state index in [1.807, 2.05) is 37.3 Å². The zero-order valence-corrected chi connectivity index (χ0v) is 16.9. The third kappa shape index (κ3) is 4.51. The second-order valence-electron chi connectivity index (χ2n) is 8.00. The maximum Gasteiger partial charge on any atom is 0.254 e. The van der Waals surface area contributed by atoms with Gasteiger partial charge in [0.05, 0.1) is 13.2 Å². The first-order valence-corrected chi connectivity index (χ1v) is 10.5. The van der Waals surface area contributed by atoms with Gasteiger partial charge in [-0.15, -0.1) is 0 Å². The van der Waals surface area contributed by atoms with E-state index in [9.17, 15) is 9.59 Å². The number of hydrogen-bond acceptors (Lipinski definition) is 3. The van der Waals surface area contributed by atoms with Crippen LogP contribution in [0.5, 0.6) is 0 Å². The highest BCUT2D eigenvalue weighted by atomic mass is 16.5. The minimum atomic E-state index is -1.04. The summed E-state index contributed by atoms with van der Waals surface area (Å²) in [5, 5.41) is 3.11. The minimum absolute atomic E-state index is 0.0648. The number of carbonyl (C=O) groups is 2. The van der Waals surface area contributed by atoms with Gasteiger partial charge in [0.15, 0.2) is 5.60 Å². The van der Waals surface area contributed by atoms with Crippen LogP contribution in [0.4, 0.5) is 0 Å². The smallest absolute Gasteiger partial charge is 0.254 e. The van der Waals surface area contributed by atoms with Crippen LogP contribution in [0.25, 0.3) is 11.1 Å². The molecule has 1 saturated heterocycles. The highest BCUT2D eigenvalue weighted by Gasteiger charge is 2.46. The molecule has 152 valence electrons. The van der Waals surface area contributed by atoms with Crippen molar-refractivity contribution in [2.75, 3.05) is 19.7 Å². The SMILES string of the molecule is CCC(=O)N1CCO[C@@](Cc2cccc(-c3ccccc3)c2)(C(=O)NC2CC2)C1. The molecule has 1 atom stereocenters. The number of amides is 2. The summed E-state index contributed by atoms with van der Waals surface area (Å²) in [5.41, 5.74) is 2.24. The Balaban J connectivity index is 1.61. The average Bonchev–Trinajstić information content (AvgIpc) is 3.58. The maximum atomic E-state index is 13.2. The van der Waals surface area contributed by atoms with Crippen molar-refractivity contribution >= 4 is 11.8 Å². The Bertz CT molecular complexity index is 879. The van der Waals surface area contributed by atoms with E-state index in [-0.39, 0.29) is 17.9 Å². The van der Waals surface area contributed by atoms with Gasteiger partial charge in [-0.3, -0.25) is 9.59 Å². The van der Waals surface area contributed by atoms with E-state index in [0.717, 1.165) is 29.5 Å². The fraction of sp³-hybridized carbons (Fsp3) is 0.417. The van der Waals surface area contributed by atoms with Gasteiger partial charge in [0.25, 0.3) is 5.91 Å². The summed E-state index contributed by atoms with van der Waals surface area (Å²) in [5.74, 6) is -0.0337. The quantitative estimate of drug-likeness (QED) is 0.821. The molecule has 0 radical (unpaired) electrons. The number of ether oxygens (including phenoxy) is 1. The summed E-state index contributed by atoms with van der Waals surface area (Å²) in [6.07, 6.45) is 2.91. The van der Waals surface area contributed by atoms with Crippen LogP contribution in [0.1, 0.15) is 31.7 Å². The molecule has 2 aromatic rings. The summed E-state index contributed by atoms with van der Waals surface area (Å²) in [6, 6.07) is 18.7. The summed E-state index contributed by atoms with van der Waals surface area (Å²) < 4.78 is 6.12. The highest BCUT2D eigenvalue weighted by Crippen LogP contribution is 2.29. The van der Waals surface area contributed by atoms with Gasteiger partial charge >= 0.3 is 0 Å². The predicted octanol–water partition coefficient (Wildman–Crippen LogP) is 3.18. The molecule has 2 aliphatic rings. The van der Waals surface area contributed by atoms with Gasteiger partial charge in [0.1, 0.15) is 0 Å². The normalized spacial score (nSPS) is 21.6. The Labute approximate surface area is 172 Å². The molecule has 1 heterocycles. The minimum Gasteiger partial charge on any atom is -0.361 e. The van der Waals surface area contributed by atoms with E-state index in [0.29, 0.717) is 32.5 Å². The molecule has 1 saturated carbocycles. The van der Waals surface area contributed by atoms with Gasteiger partial charge in [-0.2, -0.15) is 0 Å². The van der Waals surface area contributed by atoms with E-state index in [1.165, 1.54) is 0 Å². The van der Waals surface area contributed by atoms with E-state index in [1.54, 1.807) is 4.90 Å². The predicted molar refractivity (Wildman–Crippen MR) is 112 cm³/mol. The number of morpholine rings is 1. The lowest BCUT2D eigenvalue weighted by molar-refractivity contribution is -0.166. The molecule has 1 N–H and O–H groups in total. The van der Waals surface area contributed by atoms with Crippen molar-refractivity contribution in [3.63, 3.8) is 0 Å². The maximum absolute atomic E-state index is 13.2. The summed E-state index contributed by atoms with van der Waals surface area (Å²) in [7, 11) is 0. The van der Waals surface area contributed by atoms with Crippen molar-refractivity contribution in [2.45, 2.75) is 44.2 Å². The molecule has 2 aromatic carbocycles. The molecule has 1 aliphatic carbocycles. The topological polar surface area (TPSA) is 58.6 Å². The number of hydrogen-bond donors (Lipinski definition) is 1. The molecule has 5 heteroatoms. The van der Waals surface area contributed by atoms with Crippen molar-refractivity contribution < 1.29 is 14.3 Å². The third-order valence-corrected chi connectivity index (χ3v) is 5.69. The fourth-order valence-corrected chi connectivity index (χ4v) is 3.91. The van der Waals surface area contributed by atoms with E-state index in [2.05, 4.69) is 29.6 Å². The molecule has 5 nitrogen and oxygen atoms in total. The Morgan fingerprint density at radius 3 is 2.59 bits per heavy atom. The molecule has 0 aromatic heterocycles. The second kappa shape index (κ2) is 8.37. The molecule has 2 amide bonds. The largest absolute Gasteiger partial charge is 0.361 e. The molecule has 0 spiro atoms. The second-order valence-corrected chi connectivity index (χ2v) is 8.00. The zero-order chi connectivity index (χ0) is 20.3. The fourth-order valence-electron chi connectivity index (χ4n) is 3.91. The van der Waals surface area contributed by atoms with E-state index >= 15 is 0 Å². The number of benzene rings is 2. The van der Waals surface area contributed by atoms with Crippen molar-refractivity contribution in [3.05, 3.63) is 60.2 Å². The van der Waals surface area contributed by atoms with Crippen LogP contribution in [0.2, 0.25) is 0 Å². The molecule has 2 fully saturated rings. The first-order chi connectivity index (χ1) is 14.1. The lowest BCUT2D eigenvalue weighted by atomic mass is 9.89. The van der Waals surface area contributed by atoms with Gasteiger partial charge in [0, 0.05) is 25.4 Å². The zero-order valence-electron chi connectivity index (χ0n) is 16.9. The Kier molecular flexibility index (Phi) is 5.67. The molecule has 0 bridgehead atoms. The Morgan fingerprint density at radius 1 is 1.10 bits per heavy atom. The molecule has 4 rings (SSSR count). The lowest BCUT2D eigenvalue weighted by Crippen LogP contribution is -2.62. The Hall–Kier alpha value is -2.66. The average molecular weight is 392 g/mol. The number of nitrogens with one attached hydrogen (secondary N) is 1. The van der Waals surface area contributed by atoms with Crippen molar-refractivity contribution in [2.24, 2.45) is 0 Å². The lowest BCUT2D eigenvalue weighted by Gasteiger charge is -2.41. The standard InChI is InChI=1S/C24H28N2O3/c1-2-22(27)26-13-14-29-24(17-26,23(28)25-21-11-12-21)16-18-7-6-10-20(15-18)19-8-4-3-5-9-19/h3-10,15,21H,2,11-14,16-17H2,1H3,(H,25,28)/t24-/m1/s1. The van der Waals surface area contributed by atoms with Crippen LogP contribution in [-0.4, -0.2) is 48.1 Å². The first kappa shape index (κ1) is 19.6. The first-order valence-electron chi connectivity index (χ1n) is 10.5. The third-order valence-electron chi connectivity index (χ3n) is 5.69. The molecule has 29 heavy (non-hydrogen) atoms. The van der Waals surface area contributed by atoms with Gasteiger partial charge in [-0.1, -0.05) is 61.5 Å². The van der Waals surface area contributed by atoms with Crippen molar-refractivity contribution in [1.82, 2.24) is 10.2 Å². The van der Waals surface area contributed by atoms with Crippen LogP contribution in [0.3, 0.4) is 0 Å². The molecule has 0 unspecified atom stereocenters. The number of nitrogens with zero attached hydrogens (tertiary/aromatic N) is 1. The van der Waals surface area contributed by atoms with Gasteiger partial charge in [0.2, 0.25) is 5.91 Å². The molecular formula is C24H28N2O3. The van der Waals surface area contributed by atoms with Gasteiger partial charge in [-0.05, 0) is 29.5 Å². The van der Waals surface area contributed by atoms with Crippen LogP contribution in [0, 0.1) is 0 Å². The van der Waals surface area contributed by atoms with Crippen molar-refractivity contribution in [3.8, 4) is 11.1 Å². The van der Waals surface area contributed by atoms with Crippen LogP contribution in [0.15, 0.2) is 54.6 Å². The number of rotatable bonds is 6. The van der Waals surface area contributed by atoms with Crippen LogP contribution >= 0.6 is 0 Å². The molecule has 1 aliphatic heterocycles. The summed E-state index contributed by atoms with van der Waals surface area (Å²) in [4.78, 5) is 27.3. The van der Waals surface area contributed by atoms with E-state index < -0.39 is 5.60 Å². The van der Waals surface area contributed by atoms with Gasteiger partial charge in [-0.25, -0.2) is 0 Å². The summed E-state index contributed by atoms with van der Waals surface area (Å²) in [6.45, 7) is 3.07. The van der Waals surface area contributed by atoms with Crippen LogP contribution < -0.4 is 5.32 Å².